The Morgan fingerprint density at radius 3 is 2.55 bits per heavy atom. The van der Waals surface area contributed by atoms with Crippen molar-refractivity contribution in [2.24, 2.45) is 0 Å². The Kier molecular flexibility index (Phi) is 3.92. The van der Waals surface area contributed by atoms with E-state index in [1.165, 1.54) is 0 Å². The van der Waals surface area contributed by atoms with E-state index < -0.39 is 5.97 Å². The third-order valence-electron chi connectivity index (χ3n) is 3.46. The van der Waals surface area contributed by atoms with Gasteiger partial charge in [-0.15, -0.1) is 0 Å². The minimum atomic E-state index is -0.829. The molecule has 0 bridgehead atoms. The summed E-state index contributed by atoms with van der Waals surface area (Å²) in [5.74, 6) is -0.829. The molecule has 20 heavy (non-hydrogen) atoms. The van der Waals surface area contributed by atoms with Gasteiger partial charge in [0.15, 0.2) is 0 Å². The number of rotatable bonds is 5. The first-order chi connectivity index (χ1) is 9.42. The van der Waals surface area contributed by atoms with E-state index in [0.29, 0.717) is 6.54 Å². The summed E-state index contributed by atoms with van der Waals surface area (Å²) in [4.78, 5) is 10.9. The molecule has 0 unspecified atom stereocenters. The molecule has 6 nitrogen and oxygen atoms in total. The van der Waals surface area contributed by atoms with Crippen LogP contribution >= 0.6 is 0 Å². The number of hydrogen-bond acceptors (Lipinski definition) is 3. The normalized spacial score (nSPS) is 11.0. The second-order valence-electron chi connectivity index (χ2n) is 4.97. The van der Waals surface area contributed by atoms with Crippen LogP contribution in [-0.2, 0) is 24.3 Å². The molecule has 0 aliphatic heterocycles. The fourth-order valence-electron chi connectivity index (χ4n) is 2.45. The first-order valence-corrected chi connectivity index (χ1v) is 6.70. The second kappa shape index (κ2) is 5.48. The highest BCUT2D eigenvalue weighted by Gasteiger charge is 2.15. The summed E-state index contributed by atoms with van der Waals surface area (Å²) in [6, 6.07) is 2.04. The Morgan fingerprint density at radius 1 is 1.25 bits per heavy atom. The quantitative estimate of drug-likeness (QED) is 0.902. The first-order valence-electron chi connectivity index (χ1n) is 6.70. The third-order valence-corrected chi connectivity index (χ3v) is 3.46. The van der Waals surface area contributed by atoms with Crippen molar-refractivity contribution in [1.82, 2.24) is 19.6 Å². The van der Waals surface area contributed by atoms with Crippen molar-refractivity contribution in [1.29, 1.82) is 0 Å². The molecule has 6 heteroatoms. The fourth-order valence-corrected chi connectivity index (χ4v) is 2.45. The Bertz CT molecular complexity index is 640. The van der Waals surface area contributed by atoms with Crippen molar-refractivity contribution in [3.05, 3.63) is 34.4 Å². The monoisotopic (exact) mass is 276 g/mol. The summed E-state index contributed by atoms with van der Waals surface area (Å²) in [6.45, 7) is 9.20. The highest BCUT2D eigenvalue weighted by molar-refractivity contribution is 5.70. The molecular weight excluding hydrogens is 256 g/mol. The Labute approximate surface area is 118 Å². The van der Waals surface area contributed by atoms with E-state index in [1.807, 2.05) is 43.1 Å². The maximum absolute atomic E-state index is 10.9. The van der Waals surface area contributed by atoms with Crippen molar-refractivity contribution in [3.63, 3.8) is 0 Å². The maximum atomic E-state index is 10.9. The van der Waals surface area contributed by atoms with E-state index in [9.17, 15) is 4.79 Å². The molecule has 0 aliphatic carbocycles. The Balaban J connectivity index is 2.32. The molecule has 0 aromatic carbocycles. The molecule has 0 saturated heterocycles. The van der Waals surface area contributed by atoms with Crippen LogP contribution in [0, 0.1) is 20.8 Å². The van der Waals surface area contributed by atoms with Crippen molar-refractivity contribution in [3.8, 4) is 0 Å². The molecule has 108 valence electrons. The Hall–Kier alpha value is -2.11. The molecule has 0 atom stereocenters. The number of nitrogens with zero attached hydrogens (tertiary/aromatic N) is 4. The molecule has 0 fully saturated rings. The number of aryl methyl sites for hydroxylation is 3. The second-order valence-corrected chi connectivity index (χ2v) is 4.97. The minimum Gasteiger partial charge on any atom is -0.481 e. The van der Waals surface area contributed by atoms with Crippen LogP contribution in [0.4, 0.5) is 0 Å². The molecule has 0 spiro atoms. The zero-order chi connectivity index (χ0) is 14.9. The number of carbonyl (C=O) groups is 1. The van der Waals surface area contributed by atoms with E-state index in [-0.39, 0.29) is 6.42 Å². The van der Waals surface area contributed by atoms with Gasteiger partial charge in [0.1, 0.15) is 0 Å². The molecule has 0 radical (unpaired) electrons. The summed E-state index contributed by atoms with van der Waals surface area (Å²) in [5, 5.41) is 17.8. The number of carboxylic acid groups (broad SMARTS) is 1. The highest BCUT2D eigenvalue weighted by atomic mass is 16.4. The first kappa shape index (κ1) is 14.3. The van der Waals surface area contributed by atoms with Crippen LogP contribution in [0.3, 0.4) is 0 Å². The predicted molar refractivity (Wildman–Crippen MR) is 74.8 cm³/mol. The van der Waals surface area contributed by atoms with E-state index >= 15 is 0 Å². The van der Waals surface area contributed by atoms with Gasteiger partial charge in [0.05, 0.1) is 30.0 Å². The zero-order valence-electron chi connectivity index (χ0n) is 12.3. The SMILES string of the molecule is CCn1nc(C)cc1Cn1nc(C)c(CC(=O)O)c1C. The number of aliphatic carboxylic acids is 1. The third kappa shape index (κ3) is 2.74. The predicted octanol–water partition coefficient (Wildman–Crippen LogP) is 1.70. The number of carboxylic acids is 1. The van der Waals surface area contributed by atoms with Crippen LogP contribution in [0.15, 0.2) is 6.07 Å². The molecule has 0 aliphatic rings. The van der Waals surface area contributed by atoms with E-state index in [2.05, 4.69) is 10.2 Å². The van der Waals surface area contributed by atoms with Crippen LogP contribution in [-0.4, -0.2) is 30.6 Å². The summed E-state index contributed by atoms with van der Waals surface area (Å²) in [5.41, 5.74) is 4.55. The molecule has 2 aromatic heterocycles. The lowest BCUT2D eigenvalue weighted by atomic mass is 10.1. The van der Waals surface area contributed by atoms with Crippen LogP contribution < -0.4 is 0 Å². The number of aromatic nitrogens is 4. The van der Waals surface area contributed by atoms with Gasteiger partial charge >= 0.3 is 5.97 Å². The van der Waals surface area contributed by atoms with Gasteiger partial charge in [-0.1, -0.05) is 0 Å². The molecular formula is C14H20N4O2. The van der Waals surface area contributed by atoms with Crippen molar-refractivity contribution in [2.45, 2.75) is 47.2 Å². The molecule has 0 amide bonds. The van der Waals surface area contributed by atoms with Gasteiger partial charge in [-0.2, -0.15) is 10.2 Å². The molecule has 1 N–H and O–H groups in total. The summed E-state index contributed by atoms with van der Waals surface area (Å²) in [7, 11) is 0. The summed E-state index contributed by atoms with van der Waals surface area (Å²) in [6.07, 6.45) is 0.0176. The molecule has 2 aromatic rings. The van der Waals surface area contributed by atoms with Crippen molar-refractivity contribution < 1.29 is 9.90 Å². The van der Waals surface area contributed by atoms with Gasteiger partial charge in [0.2, 0.25) is 0 Å². The van der Waals surface area contributed by atoms with Crippen LogP contribution in [0.25, 0.3) is 0 Å². The van der Waals surface area contributed by atoms with Crippen LogP contribution in [0.2, 0.25) is 0 Å². The van der Waals surface area contributed by atoms with Gasteiger partial charge in [0.25, 0.3) is 0 Å². The fraction of sp³-hybridized carbons (Fsp3) is 0.500. The zero-order valence-corrected chi connectivity index (χ0v) is 12.3. The number of hydrogen-bond donors (Lipinski definition) is 1. The van der Waals surface area contributed by atoms with E-state index in [0.717, 1.165) is 34.9 Å². The summed E-state index contributed by atoms with van der Waals surface area (Å²) >= 11 is 0. The lowest BCUT2D eigenvalue weighted by Gasteiger charge is -2.07. The van der Waals surface area contributed by atoms with Crippen molar-refractivity contribution in [2.75, 3.05) is 0 Å². The van der Waals surface area contributed by atoms with Gasteiger partial charge < -0.3 is 5.11 Å². The topological polar surface area (TPSA) is 72.9 Å². The smallest absolute Gasteiger partial charge is 0.307 e. The average Bonchev–Trinajstić information content (AvgIpc) is 2.84. The van der Waals surface area contributed by atoms with Gasteiger partial charge in [0, 0.05) is 17.8 Å². The van der Waals surface area contributed by atoms with Crippen LogP contribution in [0.1, 0.15) is 35.3 Å². The average molecular weight is 276 g/mol. The van der Waals surface area contributed by atoms with Crippen molar-refractivity contribution >= 4 is 5.97 Å². The molecule has 2 rings (SSSR count). The largest absolute Gasteiger partial charge is 0.481 e. The van der Waals surface area contributed by atoms with Gasteiger partial charge in [-0.05, 0) is 33.8 Å². The summed E-state index contributed by atoms with van der Waals surface area (Å²) < 4.78 is 3.80. The van der Waals surface area contributed by atoms with E-state index in [1.54, 1.807) is 0 Å². The highest BCUT2D eigenvalue weighted by Crippen LogP contribution is 2.16. The lowest BCUT2D eigenvalue weighted by molar-refractivity contribution is -0.136. The van der Waals surface area contributed by atoms with Crippen LogP contribution in [0.5, 0.6) is 0 Å². The van der Waals surface area contributed by atoms with E-state index in [4.69, 9.17) is 5.11 Å². The Morgan fingerprint density at radius 2 is 1.95 bits per heavy atom. The van der Waals surface area contributed by atoms with Gasteiger partial charge in [-0.25, -0.2) is 0 Å². The van der Waals surface area contributed by atoms with Gasteiger partial charge in [-0.3, -0.25) is 14.2 Å². The minimum absolute atomic E-state index is 0.0176. The standard InChI is InChI=1S/C14H20N4O2/c1-5-17-12(6-9(2)15-17)8-18-11(4)13(7-14(19)20)10(3)16-18/h6H,5,7-8H2,1-4H3,(H,19,20). The molecule has 0 saturated carbocycles. The maximum Gasteiger partial charge on any atom is 0.307 e. The molecule has 2 heterocycles. The lowest BCUT2D eigenvalue weighted by Crippen LogP contribution is -2.10.